The average molecular weight is 546 g/mol. The summed E-state index contributed by atoms with van der Waals surface area (Å²) in [6.45, 7) is 3.43. The molecule has 2 aromatic carbocycles. The number of nitrogen functional groups attached to an aromatic ring is 1. The number of nitrogens with two attached hydrogens (primary N) is 1. The van der Waals surface area contributed by atoms with Crippen LogP contribution >= 0.6 is 11.3 Å². The number of hydrogen-bond donors (Lipinski definition) is 2. The number of benzene rings is 2. The van der Waals surface area contributed by atoms with Gasteiger partial charge in [-0.3, -0.25) is 4.79 Å². The number of halogens is 2. The molecule has 2 atom stereocenters. The maximum Gasteiger partial charge on any atom is 0.212 e. The van der Waals surface area contributed by atoms with Crippen LogP contribution in [0.25, 0.3) is 0 Å². The van der Waals surface area contributed by atoms with Gasteiger partial charge in [-0.1, -0.05) is 29.5 Å². The number of nitrogens with one attached hydrogen (secondary N) is 1. The Balaban J connectivity index is 1.17. The summed E-state index contributed by atoms with van der Waals surface area (Å²) in [5, 5.41) is 3.70. The lowest BCUT2D eigenvalue weighted by atomic mass is 9.99. The van der Waals surface area contributed by atoms with Gasteiger partial charge in [-0.2, -0.15) is 0 Å². The van der Waals surface area contributed by atoms with Crippen LogP contribution in [0.5, 0.6) is 0 Å². The molecule has 2 saturated heterocycles. The van der Waals surface area contributed by atoms with Gasteiger partial charge in [0.15, 0.2) is 5.13 Å². The number of piperidine rings is 1. The second kappa shape index (κ2) is 10.9. The van der Waals surface area contributed by atoms with E-state index in [2.05, 4.69) is 34.4 Å². The zero-order valence-corrected chi connectivity index (χ0v) is 22.1. The lowest BCUT2D eigenvalue weighted by molar-refractivity contribution is 0.103. The van der Waals surface area contributed by atoms with Crippen LogP contribution in [0.3, 0.4) is 0 Å². The van der Waals surface area contributed by atoms with Crippen LogP contribution in [0.1, 0.15) is 46.0 Å². The standard InChI is InChI=1S/C26H29F2N5O2S2/c1-32-12-9-17(15-32)16-5-7-19(8-6-16)37(35)33-13-10-18(11-14-33)30-26-31-25(29)24(36-26)23(34)22-20(27)3-2-4-21(22)28/h2-8,17-18H,9-15,29H2,1H3,(H,30,31). The molecule has 0 spiro atoms. The van der Waals surface area contributed by atoms with Crippen LogP contribution in [0.4, 0.5) is 19.7 Å². The third-order valence-electron chi connectivity index (χ3n) is 7.01. The van der Waals surface area contributed by atoms with Gasteiger partial charge in [-0.25, -0.2) is 22.3 Å². The molecule has 196 valence electrons. The van der Waals surface area contributed by atoms with E-state index < -0.39 is 34.0 Å². The highest BCUT2D eigenvalue weighted by molar-refractivity contribution is 7.82. The predicted octanol–water partition coefficient (Wildman–Crippen LogP) is 4.25. The lowest BCUT2D eigenvalue weighted by Gasteiger charge is -2.31. The van der Waals surface area contributed by atoms with Crippen LogP contribution in [-0.4, -0.2) is 63.4 Å². The second-order valence-corrected chi connectivity index (χ2v) is 12.1. The molecule has 2 aliphatic rings. The van der Waals surface area contributed by atoms with Gasteiger partial charge >= 0.3 is 0 Å². The first-order valence-corrected chi connectivity index (χ1v) is 14.2. The van der Waals surface area contributed by atoms with Crippen molar-refractivity contribution in [2.24, 2.45) is 0 Å². The van der Waals surface area contributed by atoms with Crippen LogP contribution < -0.4 is 11.1 Å². The molecule has 7 nitrogen and oxygen atoms in total. The van der Waals surface area contributed by atoms with Gasteiger partial charge in [-0.15, -0.1) is 0 Å². The van der Waals surface area contributed by atoms with Crippen LogP contribution in [0.15, 0.2) is 47.4 Å². The molecule has 2 aliphatic heterocycles. The molecule has 5 rings (SSSR count). The predicted molar refractivity (Wildman–Crippen MR) is 142 cm³/mol. The fraction of sp³-hybridized carbons (Fsp3) is 0.385. The SMILES string of the molecule is CN1CCC(c2ccc(S(=O)N3CCC(Nc4nc(N)c(C(=O)c5c(F)cccc5F)s4)CC3)cc2)C1. The van der Waals surface area contributed by atoms with Crippen molar-refractivity contribution in [2.75, 3.05) is 44.3 Å². The minimum Gasteiger partial charge on any atom is -0.382 e. The maximum absolute atomic E-state index is 14.1. The van der Waals surface area contributed by atoms with Gasteiger partial charge in [0.25, 0.3) is 0 Å². The lowest BCUT2D eigenvalue weighted by Crippen LogP contribution is -2.40. The highest BCUT2D eigenvalue weighted by Crippen LogP contribution is 2.31. The van der Waals surface area contributed by atoms with Crippen molar-refractivity contribution in [2.45, 2.75) is 36.1 Å². The molecular weight excluding hydrogens is 516 g/mol. The van der Waals surface area contributed by atoms with Crippen molar-refractivity contribution in [3.8, 4) is 0 Å². The van der Waals surface area contributed by atoms with Crippen LogP contribution in [0, 0.1) is 11.6 Å². The summed E-state index contributed by atoms with van der Waals surface area (Å²) in [5.41, 5.74) is 6.57. The minimum atomic E-state index is -1.23. The van der Waals surface area contributed by atoms with Crippen molar-refractivity contribution in [3.05, 3.63) is 70.1 Å². The Morgan fingerprint density at radius 2 is 1.76 bits per heavy atom. The monoisotopic (exact) mass is 545 g/mol. The quantitative estimate of drug-likeness (QED) is 0.432. The summed E-state index contributed by atoms with van der Waals surface area (Å²) in [6, 6.07) is 11.5. The van der Waals surface area contributed by atoms with E-state index in [-0.39, 0.29) is 16.7 Å². The summed E-state index contributed by atoms with van der Waals surface area (Å²) in [7, 11) is 0.903. The van der Waals surface area contributed by atoms with Crippen molar-refractivity contribution in [1.82, 2.24) is 14.2 Å². The first-order valence-electron chi connectivity index (χ1n) is 12.3. The highest BCUT2D eigenvalue weighted by atomic mass is 32.2. The fourth-order valence-corrected chi connectivity index (χ4v) is 7.06. The Hall–Kier alpha value is -2.73. The molecule has 3 heterocycles. The number of thiazole rings is 1. The molecule has 3 aromatic rings. The Morgan fingerprint density at radius 1 is 1.08 bits per heavy atom. The molecule has 3 N–H and O–H groups in total. The maximum atomic E-state index is 14.1. The van der Waals surface area contributed by atoms with Gasteiger partial charge in [-0.05, 0) is 68.6 Å². The zero-order valence-electron chi connectivity index (χ0n) is 20.5. The molecule has 2 fully saturated rings. The first kappa shape index (κ1) is 25.9. The van der Waals surface area contributed by atoms with Crippen LogP contribution in [-0.2, 0) is 11.0 Å². The molecule has 0 saturated carbocycles. The normalized spacial score (nSPS) is 20.2. The average Bonchev–Trinajstić information content (AvgIpc) is 3.49. The van der Waals surface area contributed by atoms with Crippen molar-refractivity contribution < 1.29 is 17.8 Å². The summed E-state index contributed by atoms with van der Waals surface area (Å²) < 4.78 is 43.2. The molecule has 11 heteroatoms. The van der Waals surface area contributed by atoms with Crippen molar-refractivity contribution in [3.63, 3.8) is 0 Å². The zero-order chi connectivity index (χ0) is 26.1. The molecule has 0 amide bonds. The number of aromatic nitrogens is 1. The minimum absolute atomic E-state index is 0.00210. The van der Waals surface area contributed by atoms with Gasteiger partial charge in [0.2, 0.25) is 5.78 Å². The molecular formula is C26H29F2N5O2S2. The summed E-state index contributed by atoms with van der Waals surface area (Å²) in [5.74, 6) is -2.22. The third kappa shape index (κ3) is 5.59. The molecule has 1 aromatic heterocycles. The van der Waals surface area contributed by atoms with E-state index >= 15 is 0 Å². The van der Waals surface area contributed by atoms with E-state index in [0.29, 0.717) is 24.1 Å². The topological polar surface area (TPSA) is 91.6 Å². The smallest absolute Gasteiger partial charge is 0.212 e. The number of ketones is 1. The Labute approximate surface area is 221 Å². The first-order chi connectivity index (χ1) is 17.8. The van der Waals surface area contributed by atoms with Gasteiger partial charge < -0.3 is 16.0 Å². The number of nitrogens with zero attached hydrogens (tertiary/aromatic N) is 3. The largest absolute Gasteiger partial charge is 0.382 e. The number of likely N-dealkylation sites (N-methyl/N-ethyl adjacent to an activating group) is 1. The van der Waals surface area contributed by atoms with E-state index in [4.69, 9.17) is 5.73 Å². The van der Waals surface area contributed by atoms with E-state index in [0.717, 1.165) is 60.7 Å². The summed E-state index contributed by atoms with van der Waals surface area (Å²) in [6.07, 6.45) is 2.60. The van der Waals surface area contributed by atoms with Gasteiger partial charge in [0, 0.05) is 25.7 Å². The van der Waals surface area contributed by atoms with Gasteiger partial charge in [0.05, 0.1) is 10.5 Å². The van der Waals surface area contributed by atoms with E-state index in [1.165, 1.54) is 11.6 Å². The number of hydrogen-bond acceptors (Lipinski definition) is 7. The summed E-state index contributed by atoms with van der Waals surface area (Å²) in [4.78, 5) is 20.0. The highest BCUT2D eigenvalue weighted by Gasteiger charge is 2.28. The Morgan fingerprint density at radius 3 is 2.38 bits per heavy atom. The number of carbonyl (C=O) groups is 1. The molecule has 0 bridgehead atoms. The van der Waals surface area contributed by atoms with Crippen molar-refractivity contribution >= 4 is 39.1 Å². The second-order valence-electron chi connectivity index (χ2n) is 9.57. The summed E-state index contributed by atoms with van der Waals surface area (Å²) >= 11 is 0.983. The number of rotatable bonds is 7. The Bertz CT molecular complexity index is 1290. The molecule has 37 heavy (non-hydrogen) atoms. The van der Waals surface area contributed by atoms with E-state index in [1.807, 2.05) is 16.4 Å². The number of carbonyl (C=O) groups excluding carboxylic acids is 1. The number of likely N-dealkylation sites (tertiary alicyclic amines) is 1. The van der Waals surface area contributed by atoms with E-state index in [9.17, 15) is 17.8 Å². The third-order valence-corrected chi connectivity index (χ3v) is 9.52. The molecule has 2 unspecified atom stereocenters. The van der Waals surface area contributed by atoms with Crippen molar-refractivity contribution in [1.29, 1.82) is 0 Å². The Kier molecular flexibility index (Phi) is 7.66. The molecule has 0 aliphatic carbocycles. The fourth-order valence-electron chi connectivity index (χ4n) is 4.94. The van der Waals surface area contributed by atoms with Crippen LogP contribution in [0.2, 0.25) is 0 Å². The van der Waals surface area contributed by atoms with E-state index in [1.54, 1.807) is 0 Å². The number of anilines is 2. The molecule has 0 radical (unpaired) electrons. The van der Waals surface area contributed by atoms with Gasteiger partial charge in [0.1, 0.15) is 33.3 Å².